The number of esters is 2. The van der Waals surface area contributed by atoms with Crippen LogP contribution in [0, 0.1) is 27.9 Å². The Morgan fingerprint density at radius 3 is 2.14 bits per heavy atom. The van der Waals surface area contributed by atoms with E-state index in [-0.39, 0.29) is 43.5 Å². The topological polar surface area (TPSA) is 255 Å². The Bertz CT molecular complexity index is 1750. The van der Waals surface area contributed by atoms with Crippen LogP contribution in [0.2, 0.25) is 0 Å². The van der Waals surface area contributed by atoms with Gasteiger partial charge in [-0.15, -0.1) is 0 Å². The van der Waals surface area contributed by atoms with E-state index in [1.54, 1.807) is 41.5 Å². The maximum absolute atomic E-state index is 14.4. The van der Waals surface area contributed by atoms with E-state index in [4.69, 9.17) is 33.2 Å². The Labute approximate surface area is 376 Å². The lowest BCUT2D eigenvalue weighted by atomic mass is 9.78. The van der Waals surface area contributed by atoms with Crippen LogP contribution < -0.4 is 5.32 Å². The van der Waals surface area contributed by atoms with Crippen LogP contribution in [0.4, 0.5) is 5.69 Å². The van der Waals surface area contributed by atoms with Crippen LogP contribution in [0.25, 0.3) is 0 Å². The summed E-state index contributed by atoms with van der Waals surface area (Å²) in [6.07, 6.45) is -10.9. The maximum Gasteiger partial charge on any atom is 0.311 e. The van der Waals surface area contributed by atoms with E-state index in [9.17, 15) is 44.9 Å². The Morgan fingerprint density at radius 2 is 1.58 bits per heavy atom. The van der Waals surface area contributed by atoms with Crippen molar-refractivity contribution >= 4 is 23.5 Å². The number of methoxy groups -OCH3 is 1. The number of carbonyl (C=O) groups is 3. The molecule has 364 valence electrons. The fraction of sp³-hybridized carbons (Fsp3) is 0.800. The van der Waals surface area contributed by atoms with E-state index in [0.29, 0.717) is 12.0 Å². The number of aliphatic hydroxyl groups excluding tert-OH is 2. The largest absolute Gasteiger partial charge is 0.459 e. The van der Waals surface area contributed by atoms with Crippen molar-refractivity contribution in [2.75, 3.05) is 21.2 Å². The third kappa shape index (κ3) is 12.3. The maximum atomic E-state index is 14.4. The monoisotopic (exact) mass is 911 g/mol. The van der Waals surface area contributed by atoms with Gasteiger partial charge in [-0.3, -0.25) is 24.5 Å². The number of amides is 1. The second-order valence-corrected chi connectivity index (χ2v) is 19.1. The minimum Gasteiger partial charge on any atom is -0.459 e. The minimum absolute atomic E-state index is 0.0256. The average molecular weight is 912 g/mol. The molecule has 3 heterocycles. The summed E-state index contributed by atoms with van der Waals surface area (Å²) >= 11 is 0. The van der Waals surface area contributed by atoms with Gasteiger partial charge >= 0.3 is 11.9 Å². The van der Waals surface area contributed by atoms with E-state index >= 15 is 0 Å². The molecule has 3 aliphatic rings. The number of hydrogen-bond acceptors (Lipinski definition) is 17. The standard InChI is InChI=1S/C45H73N3O16/c1-14-32-45(10,55)37(51)27(6)40(52)46-23(2)21-43(8,54)38(64-42-35(50)31(47(11)12)19-24(3)59-42)25(4)36(26(5)41(53)61-32)63-34-22-44(9,58-13)39(28(7)60-34)62-33(49)20-29-15-17-30(18-16-29)48(56)57/h15-18,23-28,31-32,34-39,42,50-51,54-55H,14,19-22H2,1-13H3,(H,46,52)/t23-,24-,25+,26-,27-,28+,31+,32?,34+,35-,36+,37-,38-,39+,42+,43-,44-,45-/m1/s1. The zero-order valence-electron chi connectivity index (χ0n) is 39.6. The van der Waals surface area contributed by atoms with Gasteiger partial charge < -0.3 is 63.8 Å². The SMILES string of the molecule is CCC1OC(=O)[C@H](C)[C@@H](O[C@H]2C[C@@](C)(OC)[C@@H](OC(=O)Cc3ccc([N+](=O)[O-])cc3)[C@H](C)O2)[C@H](C)[C@@H](O[C@@H]2O[C@H](C)C[C@H](N(C)C)[C@H]2O)[C@](C)(O)C[C@@H](C)NC(=O)[C@H](C)[C@@H](O)[C@]1(C)O. The van der Waals surface area contributed by atoms with Crippen LogP contribution in [-0.2, 0) is 54.0 Å². The van der Waals surface area contributed by atoms with E-state index < -0.39 is 119 Å². The Kier molecular flexibility index (Phi) is 17.9. The molecule has 0 aromatic heterocycles. The summed E-state index contributed by atoms with van der Waals surface area (Å²) in [6.45, 7) is 16.1. The molecule has 0 saturated carbocycles. The molecule has 1 amide bonds. The molecule has 19 nitrogen and oxygen atoms in total. The molecule has 3 saturated heterocycles. The lowest BCUT2D eigenvalue weighted by Gasteiger charge is -2.49. The quantitative estimate of drug-likeness (QED) is 0.122. The van der Waals surface area contributed by atoms with Crippen molar-refractivity contribution in [3.05, 3.63) is 39.9 Å². The summed E-state index contributed by atoms with van der Waals surface area (Å²) in [7, 11) is 5.11. The van der Waals surface area contributed by atoms with Crippen LogP contribution >= 0.6 is 0 Å². The molecule has 18 atom stereocenters. The van der Waals surface area contributed by atoms with Crippen molar-refractivity contribution in [2.45, 2.75) is 192 Å². The molecule has 1 aromatic rings. The second kappa shape index (κ2) is 21.5. The third-order valence-electron chi connectivity index (χ3n) is 13.4. The summed E-state index contributed by atoms with van der Waals surface area (Å²) in [6, 6.07) is 4.45. The molecule has 5 N–H and O–H groups in total. The summed E-state index contributed by atoms with van der Waals surface area (Å²) in [5, 5.41) is 61.2. The molecule has 1 aromatic carbocycles. The van der Waals surface area contributed by atoms with Gasteiger partial charge in [0.25, 0.3) is 5.69 Å². The molecule has 0 spiro atoms. The highest BCUT2D eigenvalue weighted by Crippen LogP contribution is 2.40. The second-order valence-electron chi connectivity index (χ2n) is 19.1. The van der Waals surface area contributed by atoms with E-state index in [1.165, 1.54) is 52.1 Å². The number of nitrogens with one attached hydrogen (secondary N) is 1. The number of nitro groups is 1. The van der Waals surface area contributed by atoms with Gasteiger partial charge in [-0.25, -0.2) is 0 Å². The number of aliphatic hydroxyl groups is 4. The number of non-ortho nitro benzene ring substituents is 1. The molecule has 3 fully saturated rings. The fourth-order valence-corrected chi connectivity index (χ4v) is 9.57. The van der Waals surface area contributed by atoms with Crippen LogP contribution in [-0.4, -0.2) is 160 Å². The summed E-state index contributed by atoms with van der Waals surface area (Å²) in [5.41, 5.74) is -4.74. The van der Waals surface area contributed by atoms with Crippen molar-refractivity contribution in [1.82, 2.24) is 10.2 Å². The molecular weight excluding hydrogens is 838 g/mol. The Balaban J connectivity index is 1.75. The van der Waals surface area contributed by atoms with Crippen LogP contribution in [0.5, 0.6) is 0 Å². The number of nitrogens with zero attached hydrogens (tertiary/aromatic N) is 2. The van der Waals surface area contributed by atoms with Gasteiger partial charge in [-0.1, -0.05) is 32.9 Å². The molecule has 64 heavy (non-hydrogen) atoms. The first-order valence-electron chi connectivity index (χ1n) is 22.2. The smallest absolute Gasteiger partial charge is 0.311 e. The summed E-state index contributed by atoms with van der Waals surface area (Å²) in [4.78, 5) is 53.7. The number of hydrogen-bond donors (Lipinski definition) is 5. The van der Waals surface area contributed by atoms with Crippen molar-refractivity contribution in [1.29, 1.82) is 0 Å². The number of benzene rings is 1. The lowest BCUT2D eigenvalue weighted by molar-refractivity contribution is -0.384. The minimum atomic E-state index is -2.08. The first-order valence-corrected chi connectivity index (χ1v) is 22.2. The van der Waals surface area contributed by atoms with Crippen LogP contribution in [0.1, 0.15) is 100 Å². The molecule has 19 heteroatoms. The van der Waals surface area contributed by atoms with E-state index in [0.717, 1.165) is 0 Å². The van der Waals surface area contributed by atoms with Crippen molar-refractivity contribution in [2.24, 2.45) is 17.8 Å². The van der Waals surface area contributed by atoms with E-state index in [2.05, 4.69) is 5.32 Å². The normalized spacial score (nSPS) is 41.9. The lowest BCUT2D eigenvalue weighted by Crippen LogP contribution is -2.61. The fourth-order valence-electron chi connectivity index (χ4n) is 9.57. The number of nitro benzene ring substituents is 1. The molecule has 0 bridgehead atoms. The zero-order chi connectivity index (χ0) is 48.2. The van der Waals surface area contributed by atoms with Gasteiger partial charge in [-0.05, 0) is 87.4 Å². The third-order valence-corrected chi connectivity index (χ3v) is 13.4. The molecule has 0 radical (unpaired) electrons. The van der Waals surface area contributed by atoms with Gasteiger partial charge in [0.2, 0.25) is 5.91 Å². The molecule has 3 aliphatic heterocycles. The van der Waals surface area contributed by atoms with Gasteiger partial charge in [0.05, 0.1) is 59.3 Å². The highest BCUT2D eigenvalue weighted by molar-refractivity contribution is 5.79. The predicted octanol–water partition coefficient (Wildman–Crippen LogP) is 2.79. The Hall–Kier alpha value is -3.37. The number of carbonyl (C=O) groups excluding carboxylic acids is 3. The van der Waals surface area contributed by atoms with Gasteiger partial charge in [-0.2, -0.15) is 0 Å². The highest BCUT2D eigenvalue weighted by atomic mass is 16.7. The molecule has 0 aliphatic carbocycles. The average Bonchev–Trinajstić information content (AvgIpc) is 3.21. The first-order chi connectivity index (χ1) is 29.7. The number of ether oxygens (including phenoxy) is 7. The predicted molar refractivity (Wildman–Crippen MR) is 230 cm³/mol. The van der Waals surface area contributed by atoms with E-state index in [1.807, 2.05) is 25.9 Å². The van der Waals surface area contributed by atoms with Crippen molar-refractivity contribution in [3.8, 4) is 0 Å². The number of rotatable bonds is 11. The number of cyclic esters (lactones) is 1. The van der Waals surface area contributed by atoms with Gasteiger partial charge in [0.1, 0.15) is 23.4 Å². The van der Waals surface area contributed by atoms with Gasteiger partial charge in [0.15, 0.2) is 18.7 Å². The summed E-state index contributed by atoms with van der Waals surface area (Å²) in [5.74, 6) is -5.35. The Morgan fingerprint density at radius 1 is 0.953 bits per heavy atom. The summed E-state index contributed by atoms with van der Waals surface area (Å²) < 4.78 is 44.0. The van der Waals surface area contributed by atoms with Crippen molar-refractivity contribution < 1.29 is 72.9 Å². The van der Waals surface area contributed by atoms with Crippen molar-refractivity contribution in [3.63, 3.8) is 0 Å². The first kappa shape index (κ1) is 53.2. The zero-order valence-corrected chi connectivity index (χ0v) is 39.6. The highest BCUT2D eigenvalue weighted by Gasteiger charge is 2.54. The van der Waals surface area contributed by atoms with Crippen LogP contribution in [0.15, 0.2) is 24.3 Å². The molecule has 4 rings (SSSR count). The molecule has 1 unspecified atom stereocenters. The van der Waals surface area contributed by atoms with Crippen LogP contribution in [0.3, 0.4) is 0 Å². The number of likely N-dealkylation sites (N-methyl/N-ethyl adjacent to an activating group) is 1. The van der Waals surface area contributed by atoms with Gasteiger partial charge in [0, 0.05) is 43.7 Å². The molecular formula is C45H73N3O16.